The van der Waals surface area contributed by atoms with E-state index < -0.39 is 97.5 Å². The molecule has 0 spiro atoms. The van der Waals surface area contributed by atoms with Gasteiger partial charge in [-0.3, -0.25) is 37.3 Å². The molecule has 0 heterocycles. The maximum absolute atomic E-state index is 13.0. The van der Waals surface area contributed by atoms with Crippen molar-refractivity contribution in [2.24, 2.45) is 17.8 Å². The van der Waals surface area contributed by atoms with Gasteiger partial charge in [-0.15, -0.1) is 0 Å². The fraction of sp³-hybridized carbons (Fsp3) is 0.941. The van der Waals surface area contributed by atoms with Crippen LogP contribution in [0.25, 0.3) is 0 Å². The Balaban J connectivity index is 5.21. The minimum Gasteiger partial charge on any atom is -0.462 e. The van der Waals surface area contributed by atoms with E-state index >= 15 is 0 Å². The molecule has 516 valence electrons. The minimum atomic E-state index is -4.95. The van der Waals surface area contributed by atoms with E-state index in [1.807, 2.05) is 0 Å². The molecule has 0 aromatic rings. The number of aliphatic hydroxyl groups excluding tert-OH is 1. The number of ether oxygens (including phenoxy) is 4. The Labute approximate surface area is 530 Å². The molecule has 5 atom stereocenters. The number of carbonyl (C=O) groups is 4. The molecule has 2 unspecified atom stereocenters. The first-order chi connectivity index (χ1) is 41.7. The molecule has 0 fully saturated rings. The molecule has 0 bridgehead atoms. The number of aliphatic hydroxyl groups is 1. The lowest BCUT2D eigenvalue weighted by Gasteiger charge is -2.21. The summed E-state index contributed by atoms with van der Waals surface area (Å²) in [6.45, 7) is 11.8. The molecule has 0 amide bonds. The largest absolute Gasteiger partial charge is 0.472 e. The van der Waals surface area contributed by atoms with E-state index in [2.05, 4.69) is 48.5 Å². The van der Waals surface area contributed by atoms with Gasteiger partial charge < -0.3 is 33.8 Å². The average Bonchev–Trinajstić information content (AvgIpc) is 3.61. The van der Waals surface area contributed by atoms with Crippen LogP contribution in [0.4, 0.5) is 0 Å². The minimum absolute atomic E-state index is 0.104. The van der Waals surface area contributed by atoms with Crippen molar-refractivity contribution in [2.45, 2.75) is 356 Å². The van der Waals surface area contributed by atoms with Gasteiger partial charge >= 0.3 is 39.5 Å². The van der Waals surface area contributed by atoms with E-state index in [-0.39, 0.29) is 25.7 Å². The molecule has 0 aliphatic heterocycles. The Morgan fingerprint density at radius 3 is 0.782 bits per heavy atom. The lowest BCUT2D eigenvalue weighted by Crippen LogP contribution is -2.30. The monoisotopic (exact) mass is 1280 g/mol. The SMILES string of the molecule is CCCCCCCCCC(=O)OC[C@H](COP(=O)(O)OC[C@H](O)COP(=O)(O)OC[C@@H](COC(=O)CCCCCCCCCCCCC(C)C)OC(=O)CCCCCCCCCCCCCCCC(C)C)OC(=O)CCCCCCCCCCC(C)C. The Bertz CT molecular complexity index is 1720. The summed E-state index contributed by atoms with van der Waals surface area (Å²) in [5.41, 5.74) is 0. The summed E-state index contributed by atoms with van der Waals surface area (Å²) < 4.78 is 68.1. The van der Waals surface area contributed by atoms with Gasteiger partial charge in [-0.25, -0.2) is 9.13 Å². The fourth-order valence-electron chi connectivity index (χ4n) is 10.2. The number of rotatable bonds is 66. The van der Waals surface area contributed by atoms with Gasteiger partial charge in [0.05, 0.1) is 26.4 Å². The number of hydrogen-bond acceptors (Lipinski definition) is 15. The zero-order valence-corrected chi connectivity index (χ0v) is 58.3. The van der Waals surface area contributed by atoms with Gasteiger partial charge in [-0.2, -0.15) is 0 Å². The van der Waals surface area contributed by atoms with E-state index in [1.54, 1.807) is 0 Å². The van der Waals surface area contributed by atoms with Crippen molar-refractivity contribution in [3.05, 3.63) is 0 Å². The van der Waals surface area contributed by atoms with Gasteiger partial charge in [0.1, 0.15) is 19.3 Å². The van der Waals surface area contributed by atoms with Crippen LogP contribution in [0.5, 0.6) is 0 Å². The van der Waals surface area contributed by atoms with Gasteiger partial charge in [0.2, 0.25) is 0 Å². The first-order valence-corrected chi connectivity index (χ1v) is 38.3. The highest BCUT2D eigenvalue weighted by Crippen LogP contribution is 2.45. The van der Waals surface area contributed by atoms with Crippen LogP contribution in [-0.2, 0) is 65.4 Å². The molecule has 0 saturated heterocycles. The molecule has 0 aliphatic rings. The van der Waals surface area contributed by atoms with Gasteiger partial charge in [-0.1, -0.05) is 286 Å². The zero-order chi connectivity index (χ0) is 64.5. The smallest absolute Gasteiger partial charge is 0.462 e. The molecule has 0 aliphatic carbocycles. The Morgan fingerprint density at radius 2 is 0.529 bits per heavy atom. The molecule has 0 aromatic heterocycles. The van der Waals surface area contributed by atoms with E-state index in [0.717, 1.165) is 120 Å². The molecular weight excluding hydrogens is 1150 g/mol. The van der Waals surface area contributed by atoms with Crippen LogP contribution in [0, 0.1) is 17.8 Å². The predicted octanol–water partition coefficient (Wildman–Crippen LogP) is 19.1. The summed E-state index contributed by atoms with van der Waals surface area (Å²) in [6.07, 6.45) is 41.8. The lowest BCUT2D eigenvalue weighted by atomic mass is 10.0. The Hall–Kier alpha value is -1.94. The van der Waals surface area contributed by atoms with Crippen LogP contribution in [0.3, 0.4) is 0 Å². The van der Waals surface area contributed by atoms with Crippen molar-refractivity contribution in [3.8, 4) is 0 Å². The molecule has 19 heteroatoms. The van der Waals surface area contributed by atoms with E-state index in [4.69, 9.17) is 37.0 Å². The van der Waals surface area contributed by atoms with Gasteiger partial charge in [0.15, 0.2) is 12.2 Å². The summed E-state index contributed by atoms with van der Waals surface area (Å²) in [5.74, 6) is 0.129. The lowest BCUT2D eigenvalue weighted by molar-refractivity contribution is -0.161. The number of hydrogen-bond donors (Lipinski definition) is 3. The predicted molar refractivity (Wildman–Crippen MR) is 349 cm³/mol. The zero-order valence-electron chi connectivity index (χ0n) is 56.5. The summed E-state index contributed by atoms with van der Waals surface area (Å²) in [4.78, 5) is 72.3. The van der Waals surface area contributed by atoms with Crippen LogP contribution >= 0.6 is 15.6 Å². The number of esters is 4. The third kappa shape index (κ3) is 62.6. The third-order valence-corrected chi connectivity index (χ3v) is 17.5. The Kier molecular flexibility index (Phi) is 57.8. The Morgan fingerprint density at radius 1 is 0.310 bits per heavy atom. The van der Waals surface area contributed by atoms with E-state index in [9.17, 15) is 43.2 Å². The molecule has 3 N–H and O–H groups in total. The first kappa shape index (κ1) is 85.1. The van der Waals surface area contributed by atoms with Crippen LogP contribution < -0.4 is 0 Å². The van der Waals surface area contributed by atoms with Crippen molar-refractivity contribution in [3.63, 3.8) is 0 Å². The summed E-state index contributed by atoms with van der Waals surface area (Å²) in [6, 6.07) is 0. The van der Waals surface area contributed by atoms with Gasteiger partial charge in [-0.05, 0) is 43.4 Å². The highest BCUT2D eigenvalue weighted by Gasteiger charge is 2.30. The second-order valence-corrected chi connectivity index (χ2v) is 28.9. The maximum atomic E-state index is 13.0. The summed E-state index contributed by atoms with van der Waals surface area (Å²) in [7, 11) is -9.89. The van der Waals surface area contributed by atoms with E-state index in [0.29, 0.717) is 25.7 Å². The van der Waals surface area contributed by atoms with Crippen molar-refractivity contribution < 1.29 is 80.2 Å². The van der Waals surface area contributed by atoms with Crippen LogP contribution in [0.15, 0.2) is 0 Å². The number of carbonyl (C=O) groups excluding carboxylic acids is 4. The molecule has 0 radical (unpaired) electrons. The molecule has 0 rings (SSSR count). The van der Waals surface area contributed by atoms with Gasteiger partial charge in [0.25, 0.3) is 0 Å². The standard InChI is InChI=1S/C68H132O17P2/c1-8-9-10-11-25-35-42-49-65(70)78-55-63(85-68(73)52-45-38-31-24-23-28-34-41-48-61(6)7)57-82-86(74,75)80-53-62(69)54-81-87(76,77)83-58-64(56-79-66(71)50-43-36-29-21-18-17-20-27-33-40-47-60(4)5)84-67(72)51-44-37-30-22-16-14-12-13-15-19-26-32-39-46-59(2)3/h59-64,69H,8-58H2,1-7H3,(H,74,75)(H,76,77)/t62-,63+,64+/m0/s1. The number of unbranched alkanes of at least 4 members (excludes halogenated alkanes) is 34. The van der Waals surface area contributed by atoms with Crippen LogP contribution in [-0.4, -0.2) is 96.7 Å². The second kappa shape index (κ2) is 59.1. The van der Waals surface area contributed by atoms with Crippen molar-refractivity contribution in [2.75, 3.05) is 39.6 Å². The first-order valence-electron chi connectivity index (χ1n) is 35.3. The van der Waals surface area contributed by atoms with Crippen molar-refractivity contribution in [1.82, 2.24) is 0 Å². The molecule has 0 saturated carbocycles. The summed E-state index contributed by atoms with van der Waals surface area (Å²) in [5, 5.41) is 10.6. The molecule has 87 heavy (non-hydrogen) atoms. The van der Waals surface area contributed by atoms with Crippen molar-refractivity contribution >= 4 is 39.5 Å². The van der Waals surface area contributed by atoms with Crippen molar-refractivity contribution in [1.29, 1.82) is 0 Å². The second-order valence-electron chi connectivity index (χ2n) is 26.0. The maximum Gasteiger partial charge on any atom is 0.472 e. The molecule has 17 nitrogen and oxygen atoms in total. The topological polar surface area (TPSA) is 237 Å². The fourth-order valence-corrected chi connectivity index (χ4v) is 11.8. The van der Waals surface area contributed by atoms with Gasteiger partial charge in [0, 0.05) is 25.7 Å². The van der Waals surface area contributed by atoms with Crippen LogP contribution in [0.1, 0.15) is 337 Å². The van der Waals surface area contributed by atoms with Crippen LogP contribution in [0.2, 0.25) is 0 Å². The molecule has 0 aromatic carbocycles. The number of phosphoric acid groups is 2. The highest BCUT2D eigenvalue weighted by atomic mass is 31.2. The third-order valence-electron chi connectivity index (χ3n) is 15.6. The number of phosphoric ester groups is 2. The van der Waals surface area contributed by atoms with E-state index in [1.165, 1.54) is 135 Å². The normalized spacial score (nSPS) is 14.3. The average molecular weight is 1280 g/mol. The quantitative estimate of drug-likeness (QED) is 0.0222. The summed E-state index contributed by atoms with van der Waals surface area (Å²) >= 11 is 0. The highest BCUT2D eigenvalue weighted by molar-refractivity contribution is 7.47. The molecular formula is C68H132O17P2.